The van der Waals surface area contributed by atoms with E-state index in [9.17, 15) is 24.1 Å². The normalized spacial score (nSPS) is 10.1. The largest absolute Gasteiger partial charge is 0.334 e. The first-order chi connectivity index (χ1) is 11.4. The fourth-order valence-corrected chi connectivity index (χ4v) is 2.08. The maximum Gasteiger partial charge on any atom is 0.321 e. The molecule has 0 heterocycles. The van der Waals surface area contributed by atoms with Gasteiger partial charge in [-0.2, -0.15) is 0 Å². The first-order valence-electron chi connectivity index (χ1n) is 6.65. The summed E-state index contributed by atoms with van der Waals surface area (Å²) in [6, 6.07) is 8.10. The van der Waals surface area contributed by atoms with Crippen LogP contribution in [-0.4, -0.2) is 16.9 Å². The van der Waals surface area contributed by atoms with Crippen molar-refractivity contribution >= 4 is 29.2 Å². The van der Waals surface area contributed by atoms with Crippen LogP contribution < -0.4 is 10.6 Å². The number of carbonyl (C=O) groups excluding carboxylic acids is 2. The van der Waals surface area contributed by atoms with Gasteiger partial charge in [-0.25, -0.2) is 9.18 Å². The molecule has 24 heavy (non-hydrogen) atoms. The summed E-state index contributed by atoms with van der Waals surface area (Å²) in [5.41, 5.74) is -0.249. The molecule has 0 saturated heterocycles. The minimum atomic E-state index is -0.883. The number of hydrogen-bond donors (Lipinski definition) is 2. The molecule has 0 aliphatic heterocycles. The predicted octanol–water partition coefficient (Wildman–Crippen LogP) is 3.03. The van der Waals surface area contributed by atoms with Gasteiger partial charge in [-0.15, -0.1) is 0 Å². The van der Waals surface area contributed by atoms with E-state index in [4.69, 9.17) is 11.6 Å². The van der Waals surface area contributed by atoms with Gasteiger partial charge in [0.15, 0.2) is 0 Å². The third kappa shape index (κ3) is 4.26. The van der Waals surface area contributed by atoms with E-state index in [1.807, 2.05) is 5.32 Å². The van der Waals surface area contributed by atoms with E-state index in [2.05, 4.69) is 5.32 Å². The van der Waals surface area contributed by atoms with Crippen molar-refractivity contribution in [2.45, 2.75) is 6.54 Å². The highest BCUT2D eigenvalue weighted by Crippen LogP contribution is 2.18. The third-order valence-corrected chi connectivity index (χ3v) is 3.39. The molecule has 2 aromatic rings. The van der Waals surface area contributed by atoms with Gasteiger partial charge in [-0.05, 0) is 18.2 Å². The van der Waals surface area contributed by atoms with Crippen LogP contribution in [0.25, 0.3) is 0 Å². The summed E-state index contributed by atoms with van der Waals surface area (Å²) in [5, 5.41) is 15.1. The molecule has 0 spiro atoms. The summed E-state index contributed by atoms with van der Waals surface area (Å²) in [7, 11) is 0. The van der Waals surface area contributed by atoms with Crippen molar-refractivity contribution in [3.63, 3.8) is 0 Å². The lowest BCUT2D eigenvalue weighted by Gasteiger charge is -2.09. The molecular weight excluding hydrogens is 341 g/mol. The van der Waals surface area contributed by atoms with E-state index in [1.165, 1.54) is 36.4 Å². The van der Waals surface area contributed by atoms with Crippen LogP contribution in [0.5, 0.6) is 0 Å². The maximum atomic E-state index is 13.6. The smallest absolute Gasteiger partial charge is 0.321 e. The molecule has 0 aliphatic carbocycles. The van der Waals surface area contributed by atoms with Crippen molar-refractivity contribution in [3.8, 4) is 0 Å². The van der Waals surface area contributed by atoms with Gasteiger partial charge in [-0.3, -0.25) is 20.2 Å². The predicted molar refractivity (Wildman–Crippen MR) is 84.2 cm³/mol. The molecule has 9 heteroatoms. The molecule has 2 aromatic carbocycles. The van der Waals surface area contributed by atoms with E-state index < -0.39 is 22.7 Å². The molecule has 0 aliphatic rings. The fourth-order valence-electron chi connectivity index (χ4n) is 1.85. The van der Waals surface area contributed by atoms with E-state index in [0.717, 1.165) is 6.07 Å². The second kappa shape index (κ2) is 7.51. The Morgan fingerprint density at radius 3 is 2.58 bits per heavy atom. The number of nitro benzene ring substituents is 1. The topological polar surface area (TPSA) is 101 Å². The van der Waals surface area contributed by atoms with Crippen molar-refractivity contribution < 1.29 is 18.9 Å². The highest BCUT2D eigenvalue weighted by Gasteiger charge is 2.15. The average molecular weight is 352 g/mol. The van der Waals surface area contributed by atoms with E-state index >= 15 is 0 Å². The molecule has 0 aromatic heterocycles. The zero-order valence-corrected chi connectivity index (χ0v) is 12.8. The molecule has 0 atom stereocenters. The number of nitrogens with zero attached hydrogens (tertiary/aromatic N) is 1. The minimum Gasteiger partial charge on any atom is -0.334 e. The van der Waals surface area contributed by atoms with E-state index in [0.29, 0.717) is 0 Å². The number of hydrogen-bond acceptors (Lipinski definition) is 4. The Hall–Kier alpha value is -3.00. The molecule has 7 nitrogen and oxygen atoms in total. The monoisotopic (exact) mass is 351 g/mol. The number of rotatable bonds is 4. The van der Waals surface area contributed by atoms with Crippen LogP contribution in [-0.2, 0) is 6.54 Å². The van der Waals surface area contributed by atoms with Gasteiger partial charge in [0.1, 0.15) is 5.82 Å². The van der Waals surface area contributed by atoms with Gasteiger partial charge < -0.3 is 5.32 Å². The van der Waals surface area contributed by atoms with Crippen molar-refractivity contribution in [2.24, 2.45) is 0 Å². The molecule has 2 rings (SSSR count). The maximum absolute atomic E-state index is 13.6. The second-order valence-corrected chi connectivity index (χ2v) is 5.05. The lowest BCUT2D eigenvalue weighted by atomic mass is 10.2. The highest BCUT2D eigenvalue weighted by atomic mass is 35.5. The summed E-state index contributed by atoms with van der Waals surface area (Å²) in [6.45, 7) is -0.223. The van der Waals surface area contributed by atoms with Crippen LogP contribution in [0.1, 0.15) is 15.9 Å². The number of imide groups is 1. The van der Waals surface area contributed by atoms with E-state index in [1.54, 1.807) is 0 Å². The minimum absolute atomic E-state index is 0.0525. The third-order valence-electron chi connectivity index (χ3n) is 3.03. The lowest BCUT2D eigenvalue weighted by molar-refractivity contribution is -0.384. The average Bonchev–Trinajstić information content (AvgIpc) is 2.54. The molecule has 124 valence electrons. The van der Waals surface area contributed by atoms with Crippen molar-refractivity contribution in [2.75, 3.05) is 0 Å². The van der Waals surface area contributed by atoms with Gasteiger partial charge in [0.25, 0.3) is 11.6 Å². The standard InChI is InChI=1S/C15H11ClFN3O4/c16-12-5-2-6-13(17)11(12)8-18-15(22)19-14(21)9-3-1-4-10(7-9)20(23)24/h1-7H,8H2,(H2,18,19,21,22). The van der Waals surface area contributed by atoms with Gasteiger partial charge in [-0.1, -0.05) is 23.7 Å². The zero-order valence-electron chi connectivity index (χ0n) is 12.1. The Morgan fingerprint density at radius 2 is 1.92 bits per heavy atom. The number of carbonyl (C=O) groups is 2. The Labute approximate surface area is 140 Å². The Balaban J connectivity index is 1.98. The van der Waals surface area contributed by atoms with Crippen LogP contribution in [0.4, 0.5) is 14.9 Å². The summed E-state index contributed by atoms with van der Waals surface area (Å²) < 4.78 is 13.6. The van der Waals surface area contributed by atoms with Crippen LogP contribution in [0.3, 0.4) is 0 Å². The molecule has 0 radical (unpaired) electrons. The van der Waals surface area contributed by atoms with Gasteiger partial charge in [0.2, 0.25) is 0 Å². The number of halogens is 2. The fraction of sp³-hybridized carbons (Fsp3) is 0.0667. The van der Waals surface area contributed by atoms with Crippen LogP contribution in [0.15, 0.2) is 42.5 Å². The van der Waals surface area contributed by atoms with Gasteiger partial charge in [0.05, 0.1) is 4.92 Å². The van der Waals surface area contributed by atoms with Crippen molar-refractivity contribution in [1.82, 2.24) is 10.6 Å². The molecule has 0 bridgehead atoms. The van der Waals surface area contributed by atoms with Crippen molar-refractivity contribution in [1.29, 1.82) is 0 Å². The quantitative estimate of drug-likeness (QED) is 0.653. The number of benzene rings is 2. The summed E-state index contributed by atoms with van der Waals surface area (Å²) in [6.07, 6.45) is 0. The number of non-ortho nitro benzene ring substituents is 1. The number of urea groups is 1. The number of amides is 3. The Kier molecular flexibility index (Phi) is 5.43. The first-order valence-corrected chi connectivity index (χ1v) is 7.03. The summed E-state index contributed by atoms with van der Waals surface area (Å²) in [4.78, 5) is 33.6. The molecule has 0 saturated carbocycles. The molecule has 0 fully saturated rings. The Morgan fingerprint density at radius 1 is 1.21 bits per heavy atom. The molecule has 0 unspecified atom stereocenters. The summed E-state index contributed by atoms with van der Waals surface area (Å²) in [5.74, 6) is -1.41. The number of nitrogens with one attached hydrogen (secondary N) is 2. The molecule has 3 amide bonds. The lowest BCUT2D eigenvalue weighted by Crippen LogP contribution is -2.39. The van der Waals surface area contributed by atoms with E-state index in [-0.39, 0.29) is 28.4 Å². The molecule has 2 N–H and O–H groups in total. The van der Waals surface area contributed by atoms with Crippen LogP contribution in [0.2, 0.25) is 5.02 Å². The second-order valence-electron chi connectivity index (χ2n) is 4.64. The summed E-state index contributed by atoms with van der Waals surface area (Å²) >= 11 is 5.82. The van der Waals surface area contributed by atoms with Crippen LogP contribution >= 0.6 is 11.6 Å². The Bertz CT molecular complexity index is 793. The molecular formula is C15H11ClFN3O4. The van der Waals surface area contributed by atoms with Crippen molar-refractivity contribution in [3.05, 3.63) is 74.5 Å². The number of nitro groups is 1. The first kappa shape index (κ1) is 17.4. The van der Waals surface area contributed by atoms with Gasteiger partial charge >= 0.3 is 6.03 Å². The zero-order chi connectivity index (χ0) is 17.7. The SMILES string of the molecule is O=C(NCc1c(F)cccc1Cl)NC(=O)c1cccc([N+](=O)[O-])c1. The highest BCUT2D eigenvalue weighted by molar-refractivity contribution is 6.31. The van der Waals surface area contributed by atoms with Gasteiger partial charge in [0, 0.05) is 34.8 Å². The van der Waals surface area contributed by atoms with Crippen LogP contribution in [0, 0.1) is 15.9 Å².